The first-order valence-electron chi connectivity index (χ1n) is 5.59. The Morgan fingerprint density at radius 2 is 2.00 bits per heavy atom. The maximum Gasteiger partial charge on any atom is 0.139 e. The second kappa shape index (κ2) is 4.79. The minimum atomic E-state index is -0.290. The lowest BCUT2D eigenvalue weighted by Gasteiger charge is -2.04. The van der Waals surface area contributed by atoms with Crippen molar-refractivity contribution in [3.63, 3.8) is 0 Å². The van der Waals surface area contributed by atoms with Gasteiger partial charge in [0.25, 0.3) is 0 Å². The highest BCUT2D eigenvalue weighted by Gasteiger charge is 2.16. The second-order valence-electron chi connectivity index (χ2n) is 3.97. The van der Waals surface area contributed by atoms with Crippen molar-refractivity contribution in [2.45, 2.75) is 0 Å². The van der Waals surface area contributed by atoms with Gasteiger partial charge in [-0.1, -0.05) is 23.7 Å². The standard InChI is InChI=1S/C14H9ClFNOS/c1-18-11-7-6-9-13(17-19-14(9)12(11)15)8-4-2-3-5-10(8)16/h2-7H,1H3. The fourth-order valence-corrected chi connectivity index (χ4v) is 3.13. The van der Waals surface area contributed by atoms with E-state index >= 15 is 0 Å². The van der Waals surface area contributed by atoms with Crippen LogP contribution in [0.1, 0.15) is 0 Å². The number of methoxy groups -OCH3 is 1. The lowest BCUT2D eigenvalue weighted by molar-refractivity contribution is 0.415. The molecule has 0 bridgehead atoms. The molecule has 2 aromatic carbocycles. The molecule has 0 radical (unpaired) electrons. The summed E-state index contributed by atoms with van der Waals surface area (Å²) in [7, 11) is 1.56. The quantitative estimate of drug-likeness (QED) is 0.679. The second-order valence-corrected chi connectivity index (χ2v) is 5.12. The van der Waals surface area contributed by atoms with Crippen LogP contribution in [0.4, 0.5) is 4.39 Å². The Kier molecular flexibility index (Phi) is 3.12. The van der Waals surface area contributed by atoms with Gasteiger partial charge in [-0.15, -0.1) is 0 Å². The van der Waals surface area contributed by atoms with Crippen molar-refractivity contribution in [3.05, 3.63) is 47.2 Å². The third kappa shape index (κ3) is 1.97. The molecule has 0 atom stereocenters. The van der Waals surface area contributed by atoms with Gasteiger partial charge in [0.05, 0.1) is 17.5 Å². The van der Waals surface area contributed by atoms with E-state index in [1.54, 1.807) is 31.4 Å². The SMILES string of the molecule is COc1ccc2c(-c3ccccc3F)nsc2c1Cl. The molecule has 1 aromatic heterocycles. The Morgan fingerprint density at radius 1 is 1.21 bits per heavy atom. The van der Waals surface area contributed by atoms with E-state index in [-0.39, 0.29) is 5.82 Å². The molecule has 0 N–H and O–H groups in total. The largest absolute Gasteiger partial charge is 0.495 e. The van der Waals surface area contributed by atoms with Crippen LogP contribution in [0.3, 0.4) is 0 Å². The first-order chi connectivity index (χ1) is 9.22. The van der Waals surface area contributed by atoms with Crippen molar-refractivity contribution >= 4 is 33.2 Å². The van der Waals surface area contributed by atoms with E-state index in [9.17, 15) is 4.39 Å². The van der Waals surface area contributed by atoms with E-state index in [4.69, 9.17) is 16.3 Å². The van der Waals surface area contributed by atoms with Gasteiger partial charge in [0.1, 0.15) is 16.6 Å². The number of nitrogens with zero attached hydrogens (tertiary/aromatic N) is 1. The summed E-state index contributed by atoms with van der Waals surface area (Å²) in [6, 6.07) is 10.2. The molecule has 96 valence electrons. The van der Waals surface area contributed by atoms with Crippen molar-refractivity contribution in [1.29, 1.82) is 0 Å². The number of benzene rings is 2. The van der Waals surface area contributed by atoms with Crippen LogP contribution < -0.4 is 4.74 Å². The number of fused-ring (bicyclic) bond motifs is 1. The molecular formula is C14H9ClFNOS. The molecule has 0 spiro atoms. The highest BCUT2D eigenvalue weighted by Crippen LogP contribution is 2.40. The first kappa shape index (κ1) is 12.4. The number of ether oxygens (including phenoxy) is 1. The number of hydrogen-bond acceptors (Lipinski definition) is 3. The lowest BCUT2D eigenvalue weighted by atomic mass is 10.1. The molecule has 0 saturated carbocycles. The minimum absolute atomic E-state index is 0.290. The average molecular weight is 294 g/mol. The van der Waals surface area contributed by atoms with Crippen LogP contribution in [-0.4, -0.2) is 11.5 Å². The first-order valence-corrected chi connectivity index (χ1v) is 6.74. The van der Waals surface area contributed by atoms with Gasteiger partial charge in [-0.05, 0) is 35.8 Å². The molecule has 0 aliphatic heterocycles. The molecule has 1 heterocycles. The molecule has 0 unspecified atom stereocenters. The summed E-state index contributed by atoms with van der Waals surface area (Å²) in [6.07, 6.45) is 0. The molecule has 0 saturated heterocycles. The van der Waals surface area contributed by atoms with E-state index in [1.807, 2.05) is 6.07 Å². The van der Waals surface area contributed by atoms with Gasteiger partial charge in [0, 0.05) is 10.9 Å². The molecule has 0 fully saturated rings. The molecule has 3 rings (SSSR count). The zero-order valence-corrected chi connectivity index (χ0v) is 11.6. The Hall–Kier alpha value is -1.65. The monoisotopic (exact) mass is 293 g/mol. The lowest BCUT2D eigenvalue weighted by Crippen LogP contribution is -1.85. The van der Waals surface area contributed by atoms with Gasteiger partial charge >= 0.3 is 0 Å². The molecule has 19 heavy (non-hydrogen) atoms. The number of halogens is 2. The maximum atomic E-state index is 13.8. The number of hydrogen-bond donors (Lipinski definition) is 0. The van der Waals surface area contributed by atoms with Gasteiger partial charge < -0.3 is 4.74 Å². The van der Waals surface area contributed by atoms with E-state index in [0.717, 1.165) is 10.1 Å². The van der Waals surface area contributed by atoms with Crippen LogP contribution in [0.2, 0.25) is 5.02 Å². The fraction of sp³-hybridized carbons (Fsp3) is 0.0714. The van der Waals surface area contributed by atoms with Crippen LogP contribution >= 0.6 is 23.1 Å². The predicted molar refractivity (Wildman–Crippen MR) is 76.6 cm³/mol. The van der Waals surface area contributed by atoms with E-state index in [1.165, 1.54) is 17.6 Å². The van der Waals surface area contributed by atoms with E-state index < -0.39 is 0 Å². The third-order valence-corrected chi connectivity index (χ3v) is 4.26. The third-order valence-electron chi connectivity index (χ3n) is 2.89. The van der Waals surface area contributed by atoms with E-state index in [0.29, 0.717) is 22.0 Å². The summed E-state index contributed by atoms with van der Waals surface area (Å²) < 4.78 is 24.1. The number of aromatic nitrogens is 1. The molecule has 2 nitrogen and oxygen atoms in total. The van der Waals surface area contributed by atoms with Crippen molar-refractivity contribution in [2.75, 3.05) is 7.11 Å². The Labute approximate surface area is 118 Å². The summed E-state index contributed by atoms with van der Waals surface area (Å²) in [6.45, 7) is 0. The van der Waals surface area contributed by atoms with Crippen LogP contribution in [0.5, 0.6) is 5.75 Å². The Bertz CT molecular complexity index is 756. The molecule has 3 aromatic rings. The highest BCUT2D eigenvalue weighted by atomic mass is 35.5. The number of rotatable bonds is 2. The van der Waals surface area contributed by atoms with Crippen LogP contribution in [-0.2, 0) is 0 Å². The molecule has 0 aliphatic carbocycles. The smallest absolute Gasteiger partial charge is 0.139 e. The van der Waals surface area contributed by atoms with Gasteiger partial charge in [0.2, 0.25) is 0 Å². The van der Waals surface area contributed by atoms with Crippen molar-refractivity contribution in [3.8, 4) is 17.0 Å². The van der Waals surface area contributed by atoms with Gasteiger partial charge in [-0.3, -0.25) is 0 Å². The fourth-order valence-electron chi connectivity index (χ4n) is 1.96. The van der Waals surface area contributed by atoms with E-state index in [2.05, 4.69) is 4.37 Å². The minimum Gasteiger partial charge on any atom is -0.495 e. The summed E-state index contributed by atoms with van der Waals surface area (Å²) >= 11 is 7.48. The topological polar surface area (TPSA) is 22.1 Å². The Balaban J connectivity index is 2.28. The van der Waals surface area contributed by atoms with Gasteiger partial charge in [-0.25, -0.2) is 4.39 Å². The van der Waals surface area contributed by atoms with Gasteiger partial charge in [0.15, 0.2) is 0 Å². The van der Waals surface area contributed by atoms with Gasteiger partial charge in [-0.2, -0.15) is 4.37 Å². The van der Waals surface area contributed by atoms with Crippen molar-refractivity contribution in [2.24, 2.45) is 0 Å². The van der Waals surface area contributed by atoms with Crippen molar-refractivity contribution in [1.82, 2.24) is 4.37 Å². The zero-order chi connectivity index (χ0) is 13.4. The van der Waals surface area contributed by atoms with Crippen LogP contribution in [0.15, 0.2) is 36.4 Å². The Morgan fingerprint density at radius 3 is 2.74 bits per heavy atom. The normalized spacial score (nSPS) is 10.9. The molecule has 0 amide bonds. The maximum absolute atomic E-state index is 13.8. The predicted octanol–water partition coefficient (Wildman–Crippen LogP) is 4.76. The summed E-state index contributed by atoms with van der Waals surface area (Å²) in [5, 5.41) is 1.35. The highest BCUT2D eigenvalue weighted by molar-refractivity contribution is 7.14. The molecule has 5 heteroatoms. The summed E-state index contributed by atoms with van der Waals surface area (Å²) in [5.41, 5.74) is 1.10. The van der Waals surface area contributed by atoms with Crippen molar-refractivity contribution < 1.29 is 9.13 Å². The summed E-state index contributed by atoms with van der Waals surface area (Å²) in [4.78, 5) is 0. The summed E-state index contributed by atoms with van der Waals surface area (Å²) in [5.74, 6) is 0.305. The molecule has 0 aliphatic rings. The average Bonchev–Trinajstić information content (AvgIpc) is 2.84. The van der Waals surface area contributed by atoms with Crippen LogP contribution in [0.25, 0.3) is 21.3 Å². The molecular weight excluding hydrogens is 285 g/mol. The van der Waals surface area contributed by atoms with Crippen LogP contribution in [0, 0.1) is 5.82 Å². The zero-order valence-electron chi connectivity index (χ0n) is 9.98.